The molecule has 1 aromatic rings. The van der Waals surface area contributed by atoms with Crippen LogP contribution in [0.1, 0.15) is 30.1 Å². The second kappa shape index (κ2) is 7.21. The van der Waals surface area contributed by atoms with Crippen molar-refractivity contribution in [3.63, 3.8) is 0 Å². The van der Waals surface area contributed by atoms with Crippen molar-refractivity contribution in [1.29, 1.82) is 0 Å². The van der Waals surface area contributed by atoms with Gasteiger partial charge in [0.1, 0.15) is 11.5 Å². The van der Waals surface area contributed by atoms with Gasteiger partial charge in [0.2, 0.25) is 0 Å². The summed E-state index contributed by atoms with van der Waals surface area (Å²) in [5.74, 6) is 1.13. The summed E-state index contributed by atoms with van der Waals surface area (Å²) in [7, 11) is 0.0294. The highest BCUT2D eigenvalue weighted by molar-refractivity contribution is 7.92. The molecule has 2 rings (SSSR count). The zero-order valence-corrected chi connectivity index (χ0v) is 14.6. The molecule has 7 heteroatoms. The maximum Gasteiger partial charge on any atom is 0.254 e. The zero-order valence-electron chi connectivity index (χ0n) is 13.7. The molecular weight excluding hydrogens is 318 g/mol. The van der Waals surface area contributed by atoms with Gasteiger partial charge in [0.25, 0.3) is 5.91 Å². The van der Waals surface area contributed by atoms with Gasteiger partial charge in [-0.2, -0.15) is 0 Å². The summed E-state index contributed by atoms with van der Waals surface area (Å²) >= 11 is 0. The fourth-order valence-electron chi connectivity index (χ4n) is 2.77. The average Bonchev–Trinajstić information content (AvgIpc) is 2.60. The number of sulfone groups is 1. The lowest BCUT2D eigenvalue weighted by Gasteiger charge is -2.31. The highest BCUT2D eigenvalue weighted by atomic mass is 32.2. The molecule has 0 bridgehead atoms. The van der Waals surface area contributed by atoms with Crippen molar-refractivity contribution < 1.29 is 22.7 Å². The number of benzene rings is 1. The molecule has 0 spiro atoms. The van der Waals surface area contributed by atoms with Crippen LogP contribution in [0.5, 0.6) is 11.5 Å². The van der Waals surface area contributed by atoms with Gasteiger partial charge in [-0.15, -0.1) is 0 Å². The van der Waals surface area contributed by atoms with Crippen LogP contribution in [0.4, 0.5) is 0 Å². The maximum atomic E-state index is 12.6. The first-order valence-corrected chi connectivity index (χ1v) is 9.36. The van der Waals surface area contributed by atoms with E-state index >= 15 is 0 Å². The first-order valence-electron chi connectivity index (χ1n) is 7.65. The summed E-state index contributed by atoms with van der Waals surface area (Å²) in [6.07, 6.45) is 0.978. The van der Waals surface area contributed by atoms with E-state index in [1.54, 1.807) is 30.0 Å². The van der Waals surface area contributed by atoms with Gasteiger partial charge >= 0.3 is 0 Å². The van der Waals surface area contributed by atoms with E-state index in [2.05, 4.69) is 0 Å². The summed E-state index contributed by atoms with van der Waals surface area (Å²) in [6, 6.07) is 5.04. The summed E-state index contributed by atoms with van der Waals surface area (Å²) < 4.78 is 34.2. The average molecular weight is 341 g/mol. The van der Waals surface area contributed by atoms with Crippen molar-refractivity contribution in [3.05, 3.63) is 23.8 Å². The number of piperidine rings is 1. The van der Waals surface area contributed by atoms with E-state index < -0.39 is 9.84 Å². The molecule has 1 heterocycles. The molecule has 0 N–H and O–H groups in total. The Kier molecular flexibility index (Phi) is 5.51. The van der Waals surface area contributed by atoms with Gasteiger partial charge in [0.15, 0.2) is 9.84 Å². The van der Waals surface area contributed by atoms with Crippen LogP contribution in [0, 0.1) is 0 Å². The predicted octanol–water partition coefficient (Wildman–Crippen LogP) is 1.74. The van der Waals surface area contributed by atoms with Gasteiger partial charge in [0.05, 0.1) is 19.5 Å². The Labute approximate surface area is 137 Å². The number of amides is 1. The molecule has 1 fully saturated rings. The molecule has 1 amide bonds. The minimum Gasteiger partial charge on any atom is -0.497 e. The van der Waals surface area contributed by atoms with Crippen LogP contribution in [0.15, 0.2) is 18.2 Å². The maximum absolute atomic E-state index is 12.6. The first-order chi connectivity index (χ1) is 10.9. The van der Waals surface area contributed by atoms with Crippen LogP contribution in [0.25, 0.3) is 0 Å². The third-order valence-electron chi connectivity index (χ3n) is 4.24. The van der Waals surface area contributed by atoms with Crippen molar-refractivity contribution >= 4 is 15.7 Å². The van der Waals surface area contributed by atoms with Gasteiger partial charge in [0, 0.05) is 30.5 Å². The van der Waals surface area contributed by atoms with Crippen LogP contribution < -0.4 is 9.47 Å². The number of rotatable bonds is 5. The molecule has 23 heavy (non-hydrogen) atoms. The number of hydrogen-bond acceptors (Lipinski definition) is 5. The SMILES string of the molecule is CCS(=O)(=O)C1CCN(C(=O)c2cc(OC)cc(OC)c2)CC1. The molecule has 0 radical (unpaired) electrons. The Hall–Kier alpha value is -1.76. The number of likely N-dealkylation sites (tertiary alicyclic amines) is 1. The summed E-state index contributed by atoms with van der Waals surface area (Å²) in [4.78, 5) is 14.3. The Balaban J connectivity index is 2.11. The number of carbonyl (C=O) groups is 1. The van der Waals surface area contributed by atoms with Crippen LogP contribution >= 0.6 is 0 Å². The molecule has 1 saturated heterocycles. The van der Waals surface area contributed by atoms with Crippen molar-refractivity contribution in [2.24, 2.45) is 0 Å². The van der Waals surface area contributed by atoms with E-state index in [0.29, 0.717) is 43.0 Å². The molecule has 0 aromatic heterocycles. The number of methoxy groups -OCH3 is 2. The number of nitrogens with zero attached hydrogens (tertiary/aromatic N) is 1. The fraction of sp³-hybridized carbons (Fsp3) is 0.562. The van der Waals surface area contributed by atoms with Crippen molar-refractivity contribution in [2.75, 3.05) is 33.1 Å². The lowest BCUT2D eigenvalue weighted by atomic mass is 10.1. The molecule has 0 atom stereocenters. The van der Waals surface area contributed by atoms with E-state index in [9.17, 15) is 13.2 Å². The lowest BCUT2D eigenvalue weighted by molar-refractivity contribution is 0.0725. The Morgan fingerprint density at radius 2 is 1.65 bits per heavy atom. The highest BCUT2D eigenvalue weighted by Crippen LogP contribution is 2.25. The third kappa shape index (κ3) is 3.96. The topological polar surface area (TPSA) is 72.9 Å². The lowest BCUT2D eigenvalue weighted by Crippen LogP contribution is -2.42. The number of hydrogen-bond donors (Lipinski definition) is 0. The normalized spacial score (nSPS) is 16.2. The predicted molar refractivity (Wildman–Crippen MR) is 87.9 cm³/mol. The zero-order chi connectivity index (χ0) is 17.0. The van der Waals surface area contributed by atoms with Gasteiger partial charge < -0.3 is 14.4 Å². The molecule has 1 aliphatic heterocycles. The quantitative estimate of drug-likeness (QED) is 0.816. The summed E-state index contributed by atoms with van der Waals surface area (Å²) in [5.41, 5.74) is 0.484. The second-order valence-corrected chi connectivity index (χ2v) is 8.11. The molecule has 1 aliphatic rings. The summed E-state index contributed by atoms with van der Waals surface area (Å²) in [6.45, 7) is 2.56. The fourth-order valence-corrected chi connectivity index (χ4v) is 4.17. The Morgan fingerprint density at radius 1 is 1.13 bits per heavy atom. The standard InChI is InChI=1S/C16H23NO5S/c1-4-23(19,20)15-5-7-17(8-6-15)16(18)12-9-13(21-2)11-14(10-12)22-3/h9-11,15H,4-8H2,1-3H3. The molecule has 1 aromatic carbocycles. The molecule has 0 unspecified atom stereocenters. The van der Waals surface area contributed by atoms with Crippen LogP contribution in [0.2, 0.25) is 0 Å². The molecule has 0 aliphatic carbocycles. The largest absolute Gasteiger partial charge is 0.497 e. The summed E-state index contributed by atoms with van der Waals surface area (Å²) in [5, 5.41) is -0.337. The molecule has 128 valence electrons. The van der Waals surface area contributed by atoms with E-state index in [1.807, 2.05) is 0 Å². The van der Waals surface area contributed by atoms with Crippen molar-refractivity contribution in [3.8, 4) is 11.5 Å². The molecule has 0 saturated carbocycles. The Bertz CT molecular complexity index is 641. The van der Waals surface area contributed by atoms with Crippen molar-refractivity contribution in [1.82, 2.24) is 4.90 Å². The van der Waals surface area contributed by atoms with Gasteiger partial charge in [-0.3, -0.25) is 4.79 Å². The van der Waals surface area contributed by atoms with Gasteiger partial charge in [-0.05, 0) is 25.0 Å². The molecular formula is C16H23NO5S. The van der Waals surface area contributed by atoms with E-state index in [0.717, 1.165) is 0 Å². The third-order valence-corrected chi connectivity index (χ3v) is 6.53. The Morgan fingerprint density at radius 3 is 2.09 bits per heavy atom. The van der Waals surface area contributed by atoms with Crippen LogP contribution in [-0.4, -0.2) is 57.5 Å². The van der Waals surface area contributed by atoms with Gasteiger partial charge in [-0.25, -0.2) is 8.42 Å². The number of ether oxygens (including phenoxy) is 2. The monoisotopic (exact) mass is 341 g/mol. The smallest absolute Gasteiger partial charge is 0.254 e. The van der Waals surface area contributed by atoms with Crippen LogP contribution in [-0.2, 0) is 9.84 Å². The van der Waals surface area contributed by atoms with E-state index in [1.165, 1.54) is 14.2 Å². The molecule has 6 nitrogen and oxygen atoms in total. The van der Waals surface area contributed by atoms with E-state index in [4.69, 9.17) is 9.47 Å². The minimum absolute atomic E-state index is 0.130. The van der Waals surface area contributed by atoms with E-state index in [-0.39, 0.29) is 16.9 Å². The second-order valence-electron chi connectivity index (χ2n) is 5.54. The highest BCUT2D eigenvalue weighted by Gasteiger charge is 2.30. The first kappa shape index (κ1) is 17.6. The number of carbonyl (C=O) groups excluding carboxylic acids is 1. The minimum atomic E-state index is -3.03. The van der Waals surface area contributed by atoms with Crippen molar-refractivity contribution in [2.45, 2.75) is 25.0 Å². The van der Waals surface area contributed by atoms with Crippen LogP contribution in [0.3, 0.4) is 0 Å². The van der Waals surface area contributed by atoms with Gasteiger partial charge in [-0.1, -0.05) is 6.92 Å².